The van der Waals surface area contributed by atoms with E-state index in [0.29, 0.717) is 23.6 Å². The van der Waals surface area contributed by atoms with Gasteiger partial charge in [0.15, 0.2) is 0 Å². The molecule has 7 heteroatoms. The van der Waals surface area contributed by atoms with E-state index in [4.69, 9.17) is 11.6 Å². The number of nitrogens with zero attached hydrogens (tertiary/aromatic N) is 3. The fraction of sp³-hybridized carbons (Fsp3) is 0.143. The Labute approximate surface area is 166 Å². The highest BCUT2D eigenvalue weighted by atomic mass is 35.5. The van der Waals surface area contributed by atoms with Crippen LogP contribution in [0.25, 0.3) is 16.6 Å². The second-order valence-electron chi connectivity index (χ2n) is 6.55. The van der Waals surface area contributed by atoms with Crippen LogP contribution in [-0.4, -0.2) is 26.8 Å². The zero-order valence-electron chi connectivity index (χ0n) is 15.2. The van der Waals surface area contributed by atoms with Crippen LogP contribution >= 0.6 is 11.6 Å². The van der Waals surface area contributed by atoms with Crippen LogP contribution in [0.1, 0.15) is 15.9 Å². The minimum Gasteiger partial charge on any atom is -0.352 e. The van der Waals surface area contributed by atoms with E-state index in [2.05, 4.69) is 10.4 Å². The lowest BCUT2D eigenvalue weighted by atomic mass is 10.1. The molecule has 0 spiro atoms. The smallest absolute Gasteiger partial charge is 0.252 e. The molecule has 0 bridgehead atoms. The highest BCUT2D eigenvalue weighted by Gasteiger charge is 2.13. The first-order valence-electron chi connectivity index (χ1n) is 8.84. The second-order valence-corrected chi connectivity index (χ2v) is 6.95. The van der Waals surface area contributed by atoms with Gasteiger partial charge in [0.25, 0.3) is 5.91 Å². The Morgan fingerprint density at radius 3 is 2.89 bits per heavy atom. The van der Waals surface area contributed by atoms with Crippen LogP contribution in [0, 0.1) is 5.82 Å². The largest absolute Gasteiger partial charge is 0.352 e. The Morgan fingerprint density at radius 2 is 2.11 bits per heavy atom. The van der Waals surface area contributed by atoms with Gasteiger partial charge in [-0.25, -0.2) is 9.07 Å². The highest BCUT2D eigenvalue weighted by molar-refractivity contribution is 6.33. The van der Waals surface area contributed by atoms with Gasteiger partial charge in [-0.15, -0.1) is 0 Å². The van der Waals surface area contributed by atoms with Crippen molar-refractivity contribution in [3.63, 3.8) is 0 Å². The molecule has 0 aliphatic carbocycles. The van der Waals surface area contributed by atoms with E-state index in [-0.39, 0.29) is 11.7 Å². The maximum absolute atomic E-state index is 13.6. The lowest BCUT2D eigenvalue weighted by Crippen LogP contribution is -2.26. The number of halogens is 2. The van der Waals surface area contributed by atoms with E-state index in [1.807, 2.05) is 17.8 Å². The fourth-order valence-corrected chi connectivity index (χ4v) is 3.51. The quantitative estimate of drug-likeness (QED) is 0.551. The summed E-state index contributed by atoms with van der Waals surface area (Å²) in [6, 6.07) is 11.7. The maximum atomic E-state index is 13.6. The molecule has 1 amide bonds. The predicted octanol–water partition coefficient (Wildman–Crippen LogP) is 4.13. The van der Waals surface area contributed by atoms with E-state index in [0.717, 1.165) is 22.2 Å². The molecule has 142 valence electrons. The molecule has 0 saturated heterocycles. The number of aryl methyl sites for hydroxylation is 1. The number of carbonyl (C=O) groups is 1. The lowest BCUT2D eigenvalue weighted by molar-refractivity contribution is 0.0954. The zero-order chi connectivity index (χ0) is 19.7. The summed E-state index contributed by atoms with van der Waals surface area (Å²) in [7, 11) is 1.92. The van der Waals surface area contributed by atoms with Crippen molar-refractivity contribution >= 4 is 28.4 Å². The van der Waals surface area contributed by atoms with Gasteiger partial charge in [-0.3, -0.25) is 4.79 Å². The Bertz CT molecular complexity index is 1150. The molecule has 1 N–H and O–H groups in total. The molecule has 2 heterocycles. The van der Waals surface area contributed by atoms with Crippen molar-refractivity contribution in [2.45, 2.75) is 6.42 Å². The van der Waals surface area contributed by atoms with Crippen molar-refractivity contribution in [2.24, 2.45) is 7.05 Å². The van der Waals surface area contributed by atoms with Gasteiger partial charge in [-0.2, -0.15) is 5.10 Å². The van der Waals surface area contributed by atoms with E-state index >= 15 is 0 Å². The highest BCUT2D eigenvalue weighted by Crippen LogP contribution is 2.22. The predicted molar refractivity (Wildman–Crippen MR) is 107 cm³/mol. The SMILES string of the molecule is Cn1cc(CCNC(=O)c2cc(-n3cccn3)ccc2Cl)c2cc(F)ccc21. The van der Waals surface area contributed by atoms with Gasteiger partial charge >= 0.3 is 0 Å². The first kappa shape index (κ1) is 18.3. The van der Waals surface area contributed by atoms with Crippen molar-refractivity contribution < 1.29 is 9.18 Å². The minimum atomic E-state index is -0.272. The summed E-state index contributed by atoms with van der Waals surface area (Å²) in [5, 5.41) is 8.29. The number of hydrogen-bond donors (Lipinski definition) is 1. The number of nitrogens with one attached hydrogen (secondary N) is 1. The van der Waals surface area contributed by atoms with Crippen LogP contribution in [0.4, 0.5) is 4.39 Å². The zero-order valence-corrected chi connectivity index (χ0v) is 15.9. The molecule has 0 radical (unpaired) electrons. The molecule has 0 atom stereocenters. The third kappa shape index (κ3) is 3.51. The fourth-order valence-electron chi connectivity index (χ4n) is 3.30. The summed E-state index contributed by atoms with van der Waals surface area (Å²) >= 11 is 6.21. The molecule has 0 aliphatic rings. The van der Waals surface area contributed by atoms with Crippen molar-refractivity contribution in [1.82, 2.24) is 19.7 Å². The summed E-state index contributed by atoms with van der Waals surface area (Å²) in [4.78, 5) is 12.6. The van der Waals surface area contributed by atoms with Gasteiger partial charge < -0.3 is 9.88 Å². The first-order valence-corrected chi connectivity index (χ1v) is 9.22. The van der Waals surface area contributed by atoms with Crippen LogP contribution in [0.3, 0.4) is 0 Å². The maximum Gasteiger partial charge on any atom is 0.252 e. The van der Waals surface area contributed by atoms with Crippen molar-refractivity contribution in [2.75, 3.05) is 6.54 Å². The van der Waals surface area contributed by atoms with E-state index in [1.165, 1.54) is 12.1 Å². The molecular weight excluding hydrogens is 379 g/mol. The van der Waals surface area contributed by atoms with Crippen molar-refractivity contribution in [3.05, 3.63) is 83.0 Å². The molecule has 0 fully saturated rings. The van der Waals surface area contributed by atoms with Gasteiger partial charge in [0.1, 0.15) is 5.82 Å². The molecule has 4 aromatic rings. The van der Waals surface area contributed by atoms with Crippen LogP contribution in [0.15, 0.2) is 61.1 Å². The molecule has 0 aliphatic heterocycles. The number of benzene rings is 2. The van der Waals surface area contributed by atoms with E-state index < -0.39 is 0 Å². The van der Waals surface area contributed by atoms with E-state index in [9.17, 15) is 9.18 Å². The molecular formula is C21H18ClFN4O. The van der Waals surface area contributed by atoms with E-state index in [1.54, 1.807) is 47.4 Å². The van der Waals surface area contributed by atoms with Gasteiger partial charge in [0, 0.05) is 43.1 Å². The van der Waals surface area contributed by atoms with Gasteiger partial charge in [-0.05, 0) is 54.4 Å². The number of rotatable bonds is 5. The summed E-state index contributed by atoms with van der Waals surface area (Å²) in [5.41, 5.74) is 3.08. The number of carbonyl (C=O) groups excluding carboxylic acids is 1. The molecule has 5 nitrogen and oxygen atoms in total. The Kier molecular flexibility index (Phi) is 4.88. The molecule has 0 saturated carbocycles. The van der Waals surface area contributed by atoms with Crippen LogP contribution < -0.4 is 5.32 Å². The van der Waals surface area contributed by atoms with Crippen LogP contribution in [0.2, 0.25) is 5.02 Å². The average Bonchev–Trinajstić information content (AvgIpc) is 3.31. The normalized spacial score (nSPS) is 11.1. The minimum absolute atomic E-state index is 0.259. The summed E-state index contributed by atoms with van der Waals surface area (Å²) < 4.78 is 17.2. The van der Waals surface area contributed by atoms with Crippen LogP contribution in [-0.2, 0) is 13.5 Å². The monoisotopic (exact) mass is 396 g/mol. The Hall–Kier alpha value is -3.12. The third-order valence-corrected chi connectivity index (χ3v) is 5.01. The summed E-state index contributed by atoms with van der Waals surface area (Å²) in [6.45, 7) is 0.413. The first-order chi connectivity index (χ1) is 13.5. The van der Waals surface area contributed by atoms with Crippen molar-refractivity contribution in [3.8, 4) is 5.69 Å². The Morgan fingerprint density at radius 1 is 1.25 bits per heavy atom. The second kappa shape index (κ2) is 7.48. The third-order valence-electron chi connectivity index (χ3n) is 4.68. The van der Waals surface area contributed by atoms with Crippen LogP contribution in [0.5, 0.6) is 0 Å². The molecule has 28 heavy (non-hydrogen) atoms. The lowest BCUT2D eigenvalue weighted by Gasteiger charge is -2.09. The standard InChI is InChI=1S/C21H18ClFN4O/c1-26-13-14(17-11-15(23)3-6-20(17)26)7-9-24-21(28)18-12-16(4-5-19(18)22)27-10-2-8-25-27/h2-6,8,10-13H,7,9H2,1H3,(H,24,28). The molecule has 2 aromatic carbocycles. The van der Waals surface area contributed by atoms with Gasteiger partial charge in [0.05, 0.1) is 16.3 Å². The number of amides is 1. The average molecular weight is 397 g/mol. The number of fused-ring (bicyclic) bond motifs is 1. The number of hydrogen-bond acceptors (Lipinski definition) is 2. The Balaban J connectivity index is 1.48. The summed E-state index contributed by atoms with van der Waals surface area (Å²) in [5.74, 6) is -0.531. The molecule has 4 rings (SSSR count). The van der Waals surface area contributed by atoms with Crippen molar-refractivity contribution in [1.29, 1.82) is 0 Å². The number of aromatic nitrogens is 3. The van der Waals surface area contributed by atoms with Gasteiger partial charge in [0.2, 0.25) is 0 Å². The molecule has 0 unspecified atom stereocenters. The van der Waals surface area contributed by atoms with Gasteiger partial charge in [-0.1, -0.05) is 11.6 Å². The topological polar surface area (TPSA) is 51.9 Å². The molecule has 2 aromatic heterocycles. The summed E-state index contributed by atoms with van der Waals surface area (Å²) in [6.07, 6.45) is 6.01.